The normalized spacial score (nSPS) is 14.1. The van der Waals surface area contributed by atoms with E-state index in [4.69, 9.17) is 16.2 Å². The van der Waals surface area contributed by atoms with Crippen LogP contribution < -0.4 is 16.2 Å². The van der Waals surface area contributed by atoms with Gasteiger partial charge in [0.25, 0.3) is 0 Å². The van der Waals surface area contributed by atoms with Crippen LogP contribution in [0.4, 0.5) is 13.2 Å². The molecule has 0 heterocycles. The summed E-state index contributed by atoms with van der Waals surface area (Å²) in [7, 11) is 0. The highest BCUT2D eigenvalue weighted by Crippen LogP contribution is 2.23. The number of hydrogen-bond acceptors (Lipinski definition) is 4. The molecule has 2 rings (SSSR count). The van der Waals surface area contributed by atoms with Gasteiger partial charge in [-0.1, -0.05) is 42.5 Å². The highest BCUT2D eigenvalue weighted by Gasteiger charge is 2.31. The third kappa shape index (κ3) is 7.13. The molecule has 25 heavy (non-hydrogen) atoms. The number of benzene rings is 2. The molecule has 0 bridgehead atoms. The average molecular weight is 354 g/mol. The van der Waals surface area contributed by atoms with Crippen LogP contribution in [0.25, 0.3) is 0 Å². The summed E-state index contributed by atoms with van der Waals surface area (Å²) in [4.78, 5) is 0. The third-order valence-corrected chi connectivity index (χ3v) is 3.58. The van der Waals surface area contributed by atoms with Gasteiger partial charge in [0, 0.05) is 12.1 Å². The van der Waals surface area contributed by atoms with Crippen LogP contribution in [0.1, 0.15) is 11.1 Å². The minimum atomic E-state index is -4.72. The molecule has 0 spiro atoms. The monoisotopic (exact) mass is 354 g/mol. The maximum absolute atomic E-state index is 12.2. The van der Waals surface area contributed by atoms with Crippen molar-refractivity contribution in [1.29, 1.82) is 0 Å². The van der Waals surface area contributed by atoms with E-state index in [9.17, 15) is 13.2 Å². The minimum Gasteiger partial charge on any atom is -0.406 e. The van der Waals surface area contributed by atoms with Crippen molar-refractivity contribution in [2.45, 2.75) is 31.5 Å². The predicted molar refractivity (Wildman–Crippen MR) is 88.9 cm³/mol. The lowest BCUT2D eigenvalue weighted by molar-refractivity contribution is -0.274. The Bertz CT molecular complexity index is 650. The van der Waals surface area contributed by atoms with E-state index >= 15 is 0 Å². The fraction of sp³-hybridized carbons (Fsp3) is 0.333. The Morgan fingerprint density at radius 1 is 0.880 bits per heavy atom. The zero-order valence-electron chi connectivity index (χ0n) is 13.6. The first kappa shape index (κ1) is 19.2. The van der Waals surface area contributed by atoms with Crippen molar-refractivity contribution in [2.75, 3.05) is 6.61 Å². The average Bonchev–Trinajstić information content (AvgIpc) is 2.54. The van der Waals surface area contributed by atoms with Crippen LogP contribution in [-0.4, -0.2) is 25.1 Å². The lowest BCUT2D eigenvalue weighted by Crippen LogP contribution is -2.45. The molecule has 2 aromatic rings. The van der Waals surface area contributed by atoms with Crippen molar-refractivity contribution in [3.63, 3.8) is 0 Å². The Morgan fingerprint density at radius 2 is 1.56 bits per heavy atom. The summed E-state index contributed by atoms with van der Waals surface area (Å²) in [6, 6.07) is 14.7. The first-order valence-electron chi connectivity index (χ1n) is 7.81. The Morgan fingerprint density at radius 3 is 2.24 bits per heavy atom. The smallest absolute Gasteiger partial charge is 0.406 e. The molecule has 0 aliphatic carbocycles. The molecule has 0 amide bonds. The molecule has 2 atom stereocenters. The molecule has 0 radical (unpaired) electrons. The van der Waals surface area contributed by atoms with Crippen molar-refractivity contribution in [3.8, 4) is 5.75 Å². The Balaban J connectivity index is 1.79. The van der Waals surface area contributed by atoms with Gasteiger partial charge < -0.3 is 20.9 Å². The number of rotatable bonds is 8. The summed E-state index contributed by atoms with van der Waals surface area (Å²) >= 11 is 0. The highest BCUT2D eigenvalue weighted by molar-refractivity contribution is 5.28. The lowest BCUT2D eigenvalue weighted by Gasteiger charge is -2.20. The van der Waals surface area contributed by atoms with E-state index in [-0.39, 0.29) is 31.0 Å². The lowest BCUT2D eigenvalue weighted by atomic mass is 10.0. The first-order valence-corrected chi connectivity index (χ1v) is 7.81. The molecule has 0 aliphatic rings. The maximum Gasteiger partial charge on any atom is 0.573 e. The summed E-state index contributed by atoms with van der Waals surface area (Å²) < 4.78 is 46.0. The third-order valence-electron chi connectivity index (χ3n) is 3.58. The largest absolute Gasteiger partial charge is 0.573 e. The number of hydrogen-bond donors (Lipinski definition) is 2. The molecule has 0 aromatic heterocycles. The minimum absolute atomic E-state index is 0.126. The zero-order chi connectivity index (χ0) is 18.3. The van der Waals surface area contributed by atoms with Crippen molar-refractivity contribution >= 4 is 0 Å². The SMILES string of the molecule is NC(Cc1ccccc1)[C@@H](N)COCc1cccc(OC(F)(F)F)c1. The standard InChI is InChI=1S/C18H21F3N2O2/c19-18(20,21)25-15-8-4-7-14(9-15)11-24-12-17(23)16(22)10-13-5-2-1-3-6-13/h1-9,16-17H,10-12,22-23H2/t16?,17-/m0/s1. The van der Waals surface area contributed by atoms with Gasteiger partial charge in [-0.3, -0.25) is 0 Å². The molecule has 0 fully saturated rings. The topological polar surface area (TPSA) is 70.5 Å². The number of nitrogens with two attached hydrogens (primary N) is 2. The number of ether oxygens (including phenoxy) is 2. The zero-order valence-corrected chi connectivity index (χ0v) is 13.6. The van der Waals surface area contributed by atoms with Crippen molar-refractivity contribution in [3.05, 3.63) is 65.7 Å². The summed E-state index contributed by atoms with van der Waals surface area (Å²) in [5.74, 6) is -0.279. The molecular formula is C18H21F3N2O2. The van der Waals surface area contributed by atoms with E-state index in [0.29, 0.717) is 12.0 Å². The quantitative estimate of drug-likeness (QED) is 0.765. The van der Waals surface area contributed by atoms with Gasteiger partial charge in [0.05, 0.1) is 13.2 Å². The molecule has 4 N–H and O–H groups in total. The van der Waals surface area contributed by atoms with Crippen LogP contribution in [-0.2, 0) is 17.8 Å². The van der Waals surface area contributed by atoms with Gasteiger partial charge >= 0.3 is 6.36 Å². The molecule has 0 saturated heterocycles. The second-order valence-corrected chi connectivity index (χ2v) is 5.73. The van der Waals surface area contributed by atoms with E-state index in [1.165, 1.54) is 18.2 Å². The maximum atomic E-state index is 12.2. The van der Waals surface area contributed by atoms with Crippen LogP contribution in [0, 0.1) is 0 Å². The van der Waals surface area contributed by atoms with Gasteiger partial charge in [-0.15, -0.1) is 13.2 Å². The van der Waals surface area contributed by atoms with Gasteiger partial charge in [-0.25, -0.2) is 0 Å². The second kappa shape index (κ2) is 8.84. The van der Waals surface area contributed by atoms with Crippen LogP contribution in [0.5, 0.6) is 5.75 Å². The molecule has 136 valence electrons. The van der Waals surface area contributed by atoms with E-state index in [2.05, 4.69) is 4.74 Å². The van der Waals surface area contributed by atoms with E-state index in [0.717, 1.165) is 5.56 Å². The van der Waals surface area contributed by atoms with E-state index in [1.807, 2.05) is 30.3 Å². The van der Waals surface area contributed by atoms with Gasteiger partial charge in [0.2, 0.25) is 0 Å². The summed E-state index contributed by atoms with van der Waals surface area (Å²) in [6.45, 7) is 0.333. The van der Waals surface area contributed by atoms with Gasteiger partial charge in [-0.2, -0.15) is 0 Å². The second-order valence-electron chi connectivity index (χ2n) is 5.73. The van der Waals surface area contributed by atoms with Gasteiger partial charge in [0.1, 0.15) is 5.75 Å². The van der Waals surface area contributed by atoms with Crippen molar-refractivity contribution < 1.29 is 22.6 Å². The summed E-state index contributed by atoms with van der Waals surface area (Å²) in [5.41, 5.74) is 13.7. The van der Waals surface area contributed by atoms with Crippen LogP contribution in [0.2, 0.25) is 0 Å². The van der Waals surface area contributed by atoms with E-state index in [1.54, 1.807) is 6.07 Å². The fourth-order valence-electron chi connectivity index (χ4n) is 2.31. The Labute approximate surface area is 144 Å². The van der Waals surface area contributed by atoms with Gasteiger partial charge in [-0.05, 0) is 29.7 Å². The molecule has 2 aromatic carbocycles. The van der Waals surface area contributed by atoms with Crippen molar-refractivity contribution in [2.24, 2.45) is 11.5 Å². The molecule has 0 saturated carbocycles. The highest BCUT2D eigenvalue weighted by atomic mass is 19.4. The number of halogens is 3. The van der Waals surface area contributed by atoms with Crippen LogP contribution in [0.3, 0.4) is 0 Å². The number of alkyl halides is 3. The summed E-state index contributed by atoms with van der Waals surface area (Å²) in [5, 5.41) is 0. The fourth-order valence-corrected chi connectivity index (χ4v) is 2.31. The molecule has 7 heteroatoms. The molecular weight excluding hydrogens is 333 g/mol. The molecule has 1 unspecified atom stereocenters. The van der Waals surface area contributed by atoms with Crippen LogP contribution in [0.15, 0.2) is 54.6 Å². The first-order chi connectivity index (χ1) is 11.8. The van der Waals surface area contributed by atoms with Gasteiger partial charge in [0.15, 0.2) is 0 Å². The van der Waals surface area contributed by atoms with Crippen LogP contribution >= 0.6 is 0 Å². The summed E-state index contributed by atoms with van der Waals surface area (Å²) in [6.07, 6.45) is -4.09. The Kier molecular flexibility index (Phi) is 6.81. The molecule has 4 nitrogen and oxygen atoms in total. The predicted octanol–water partition coefficient (Wildman–Crippen LogP) is 3.00. The molecule has 0 aliphatic heterocycles. The van der Waals surface area contributed by atoms with E-state index < -0.39 is 6.36 Å². The Hall–Kier alpha value is -2.09. The van der Waals surface area contributed by atoms with Crippen molar-refractivity contribution in [1.82, 2.24) is 0 Å².